The van der Waals surface area contributed by atoms with Gasteiger partial charge in [-0.15, -0.1) is 0 Å². The predicted octanol–water partition coefficient (Wildman–Crippen LogP) is 3.32. The Morgan fingerprint density at radius 2 is 1.76 bits per heavy atom. The van der Waals surface area contributed by atoms with E-state index in [-0.39, 0.29) is 19.0 Å². The van der Waals surface area contributed by atoms with Gasteiger partial charge in [0, 0.05) is 12.2 Å². The van der Waals surface area contributed by atoms with Crippen LogP contribution in [0.3, 0.4) is 0 Å². The molecule has 8 heteroatoms. The van der Waals surface area contributed by atoms with Crippen LogP contribution in [0.25, 0.3) is 11.2 Å². The Morgan fingerprint density at radius 3 is 2.44 bits per heavy atom. The van der Waals surface area contributed by atoms with Crippen molar-refractivity contribution in [3.05, 3.63) is 92.4 Å². The number of nitrogens with zero attached hydrogens (tertiary/aromatic N) is 4. The first kappa shape index (κ1) is 23.2. The number of aromatic nitrogens is 4. The van der Waals surface area contributed by atoms with Crippen molar-refractivity contribution >= 4 is 22.8 Å². The highest BCUT2D eigenvalue weighted by Crippen LogP contribution is 2.16. The summed E-state index contributed by atoms with van der Waals surface area (Å²) in [5, 5.41) is 2.83. The predicted molar refractivity (Wildman–Crippen MR) is 133 cm³/mol. The highest BCUT2D eigenvalue weighted by molar-refractivity contribution is 5.91. The van der Waals surface area contributed by atoms with Gasteiger partial charge in [0.05, 0.1) is 12.9 Å². The zero-order valence-corrected chi connectivity index (χ0v) is 19.9. The quantitative estimate of drug-likeness (QED) is 0.459. The van der Waals surface area contributed by atoms with Crippen LogP contribution in [0.2, 0.25) is 0 Å². The molecule has 34 heavy (non-hydrogen) atoms. The fraction of sp³-hybridized carbons (Fsp3) is 0.308. The minimum Gasteiger partial charge on any atom is -0.324 e. The van der Waals surface area contributed by atoms with Crippen LogP contribution in [-0.2, 0) is 24.4 Å². The first-order valence-corrected chi connectivity index (χ1v) is 11.3. The van der Waals surface area contributed by atoms with Gasteiger partial charge in [-0.2, -0.15) is 0 Å². The van der Waals surface area contributed by atoms with Crippen LogP contribution in [0.4, 0.5) is 5.69 Å². The summed E-state index contributed by atoms with van der Waals surface area (Å²) >= 11 is 0. The SMILES string of the molecule is Cc1ccc(NC(=O)Cn2c(=O)c3c(ncn3CC(C)C)n(Cc3ccccc3)c2=O)c(C)c1. The summed E-state index contributed by atoms with van der Waals surface area (Å²) in [5.74, 6) is -0.167. The van der Waals surface area contributed by atoms with Crippen molar-refractivity contribution in [1.29, 1.82) is 0 Å². The lowest BCUT2D eigenvalue weighted by molar-refractivity contribution is -0.116. The second-order valence-corrected chi connectivity index (χ2v) is 9.08. The Morgan fingerprint density at radius 1 is 1.03 bits per heavy atom. The number of amides is 1. The van der Waals surface area contributed by atoms with E-state index in [0.717, 1.165) is 21.3 Å². The molecule has 2 aromatic heterocycles. The largest absolute Gasteiger partial charge is 0.333 e. The lowest BCUT2D eigenvalue weighted by atomic mass is 10.1. The van der Waals surface area contributed by atoms with E-state index < -0.39 is 17.2 Å². The standard InChI is InChI=1S/C26H29N5O3/c1-17(2)13-29-16-27-24-23(29)25(33)31(26(34)30(24)14-20-8-6-5-7-9-20)15-22(32)28-21-11-10-18(3)12-19(21)4/h5-12,16-17H,13-15H2,1-4H3,(H,28,32). The Bertz CT molecular complexity index is 1460. The molecule has 0 radical (unpaired) electrons. The van der Waals surface area contributed by atoms with Crippen molar-refractivity contribution in [2.75, 3.05) is 5.32 Å². The average molecular weight is 460 g/mol. The van der Waals surface area contributed by atoms with Gasteiger partial charge in [0.15, 0.2) is 11.2 Å². The summed E-state index contributed by atoms with van der Waals surface area (Å²) < 4.78 is 4.23. The van der Waals surface area contributed by atoms with Crippen LogP contribution in [0.15, 0.2) is 64.4 Å². The number of anilines is 1. The third-order valence-electron chi connectivity index (χ3n) is 5.69. The summed E-state index contributed by atoms with van der Waals surface area (Å²) in [6, 6.07) is 15.2. The maximum atomic E-state index is 13.4. The van der Waals surface area contributed by atoms with Gasteiger partial charge in [-0.25, -0.2) is 14.3 Å². The third-order valence-corrected chi connectivity index (χ3v) is 5.69. The molecule has 0 bridgehead atoms. The number of fused-ring (bicyclic) bond motifs is 1. The Kier molecular flexibility index (Phi) is 6.49. The highest BCUT2D eigenvalue weighted by atomic mass is 16.2. The van der Waals surface area contributed by atoms with E-state index >= 15 is 0 Å². The maximum absolute atomic E-state index is 13.4. The van der Waals surface area contributed by atoms with E-state index in [0.29, 0.717) is 23.4 Å². The first-order chi connectivity index (χ1) is 16.2. The normalized spacial score (nSPS) is 11.3. The van der Waals surface area contributed by atoms with Gasteiger partial charge in [0.25, 0.3) is 5.56 Å². The molecule has 0 aliphatic rings. The molecule has 176 valence electrons. The van der Waals surface area contributed by atoms with Gasteiger partial charge in [0.1, 0.15) is 6.54 Å². The molecule has 4 aromatic rings. The van der Waals surface area contributed by atoms with Crippen LogP contribution in [0.1, 0.15) is 30.5 Å². The maximum Gasteiger partial charge on any atom is 0.333 e. The summed E-state index contributed by atoms with van der Waals surface area (Å²) in [4.78, 5) is 44.2. The van der Waals surface area contributed by atoms with E-state index in [2.05, 4.69) is 10.3 Å². The van der Waals surface area contributed by atoms with Gasteiger partial charge in [0.2, 0.25) is 5.91 Å². The van der Waals surface area contributed by atoms with Gasteiger partial charge in [-0.3, -0.25) is 14.2 Å². The number of rotatable bonds is 7. The molecule has 0 atom stereocenters. The van der Waals surface area contributed by atoms with E-state index in [1.54, 1.807) is 10.9 Å². The number of nitrogens with one attached hydrogen (secondary N) is 1. The topological polar surface area (TPSA) is 90.9 Å². The van der Waals surface area contributed by atoms with Crippen molar-refractivity contribution in [2.24, 2.45) is 5.92 Å². The molecular weight excluding hydrogens is 430 g/mol. The summed E-state index contributed by atoms with van der Waals surface area (Å²) in [6.45, 7) is 8.39. The molecule has 0 saturated carbocycles. The van der Waals surface area contributed by atoms with E-state index in [1.165, 1.54) is 4.57 Å². The number of hydrogen-bond donors (Lipinski definition) is 1. The molecule has 2 aromatic carbocycles. The molecule has 0 aliphatic heterocycles. The lowest BCUT2D eigenvalue weighted by Gasteiger charge is -2.14. The van der Waals surface area contributed by atoms with Crippen molar-refractivity contribution in [1.82, 2.24) is 18.7 Å². The number of hydrogen-bond acceptors (Lipinski definition) is 4. The number of carbonyl (C=O) groups is 1. The molecule has 1 N–H and O–H groups in total. The summed E-state index contributed by atoms with van der Waals surface area (Å²) in [5.41, 5.74) is 3.11. The zero-order chi connectivity index (χ0) is 24.4. The van der Waals surface area contributed by atoms with Crippen LogP contribution < -0.4 is 16.6 Å². The van der Waals surface area contributed by atoms with Gasteiger partial charge < -0.3 is 9.88 Å². The van der Waals surface area contributed by atoms with Crippen LogP contribution in [-0.4, -0.2) is 24.6 Å². The number of benzene rings is 2. The minimum atomic E-state index is -0.563. The second kappa shape index (κ2) is 9.51. The first-order valence-electron chi connectivity index (χ1n) is 11.3. The fourth-order valence-corrected chi connectivity index (χ4v) is 4.11. The Labute approximate surface area is 197 Å². The van der Waals surface area contributed by atoms with Gasteiger partial charge in [-0.1, -0.05) is 61.9 Å². The van der Waals surface area contributed by atoms with Crippen molar-refractivity contribution < 1.29 is 4.79 Å². The zero-order valence-electron chi connectivity index (χ0n) is 19.9. The fourth-order valence-electron chi connectivity index (χ4n) is 4.11. The second-order valence-electron chi connectivity index (χ2n) is 9.08. The molecule has 0 unspecified atom stereocenters. The summed E-state index contributed by atoms with van der Waals surface area (Å²) in [7, 11) is 0. The molecule has 2 heterocycles. The van der Waals surface area contributed by atoms with E-state index in [4.69, 9.17) is 0 Å². The number of aryl methyl sites for hydroxylation is 2. The molecule has 0 fully saturated rings. The number of carbonyl (C=O) groups excluding carboxylic acids is 1. The molecule has 8 nitrogen and oxygen atoms in total. The molecule has 0 spiro atoms. The Balaban J connectivity index is 1.79. The van der Waals surface area contributed by atoms with Gasteiger partial charge >= 0.3 is 5.69 Å². The van der Waals surface area contributed by atoms with E-state index in [1.807, 2.05) is 76.2 Å². The van der Waals surface area contributed by atoms with Crippen LogP contribution in [0.5, 0.6) is 0 Å². The lowest BCUT2D eigenvalue weighted by Crippen LogP contribution is -2.43. The van der Waals surface area contributed by atoms with Crippen LogP contribution >= 0.6 is 0 Å². The number of imidazole rings is 1. The van der Waals surface area contributed by atoms with Gasteiger partial charge in [-0.05, 0) is 37.0 Å². The Hall–Kier alpha value is -3.94. The highest BCUT2D eigenvalue weighted by Gasteiger charge is 2.20. The van der Waals surface area contributed by atoms with Crippen molar-refractivity contribution in [2.45, 2.75) is 47.3 Å². The molecule has 0 aliphatic carbocycles. The third kappa shape index (κ3) is 4.71. The van der Waals surface area contributed by atoms with Crippen LogP contribution in [0, 0.1) is 19.8 Å². The molecule has 1 amide bonds. The summed E-state index contributed by atoms with van der Waals surface area (Å²) in [6.07, 6.45) is 1.59. The van der Waals surface area contributed by atoms with Crippen molar-refractivity contribution in [3.63, 3.8) is 0 Å². The molecule has 0 saturated heterocycles. The van der Waals surface area contributed by atoms with E-state index in [9.17, 15) is 14.4 Å². The molecular formula is C26H29N5O3. The average Bonchev–Trinajstić information content (AvgIpc) is 3.20. The minimum absolute atomic E-state index is 0.244. The monoisotopic (exact) mass is 459 g/mol. The smallest absolute Gasteiger partial charge is 0.324 e. The molecule has 4 rings (SSSR count). The van der Waals surface area contributed by atoms with Crippen molar-refractivity contribution in [3.8, 4) is 0 Å².